The molecule has 0 rings (SSSR count). The van der Waals surface area contributed by atoms with Crippen LogP contribution in [-0.4, -0.2) is 18.5 Å². The molecule has 12 heavy (non-hydrogen) atoms. The Hall–Kier alpha value is -1.30. The molecule has 3 amide bonds. The molecular formula is C6H14N4O2. The van der Waals surface area contributed by atoms with Crippen LogP contribution in [0.1, 0.15) is 19.3 Å². The minimum atomic E-state index is -0.620. The number of nitrogens with two attached hydrogens (primary N) is 2. The molecule has 70 valence electrons. The number of primary amides is 2. The summed E-state index contributed by atoms with van der Waals surface area (Å²) < 4.78 is 0. The van der Waals surface area contributed by atoms with E-state index in [1.807, 2.05) is 0 Å². The van der Waals surface area contributed by atoms with Gasteiger partial charge in [0.15, 0.2) is 0 Å². The lowest BCUT2D eigenvalue weighted by Gasteiger charge is -2.02. The number of unbranched alkanes of at least 4 members (excludes halogenated alkanes) is 1. The monoisotopic (exact) mass is 174 g/mol. The summed E-state index contributed by atoms with van der Waals surface area (Å²) in [5.74, 6) is -0.308. The molecule has 0 aromatic rings. The van der Waals surface area contributed by atoms with E-state index in [4.69, 9.17) is 11.5 Å². The Bertz CT molecular complexity index is 142. The lowest BCUT2D eigenvalue weighted by Crippen LogP contribution is -2.41. The highest BCUT2D eigenvalue weighted by atomic mass is 16.2. The Morgan fingerprint density at radius 2 is 1.83 bits per heavy atom. The molecule has 0 heterocycles. The van der Waals surface area contributed by atoms with Crippen LogP contribution in [0.2, 0.25) is 0 Å². The zero-order valence-electron chi connectivity index (χ0n) is 6.80. The minimum absolute atomic E-state index is 0.308. The van der Waals surface area contributed by atoms with Crippen LogP contribution in [0.25, 0.3) is 0 Å². The molecule has 0 radical (unpaired) electrons. The molecule has 0 unspecified atom stereocenters. The predicted molar refractivity (Wildman–Crippen MR) is 43.8 cm³/mol. The molecule has 0 aliphatic heterocycles. The Morgan fingerprint density at radius 1 is 1.17 bits per heavy atom. The van der Waals surface area contributed by atoms with Gasteiger partial charge in [-0.3, -0.25) is 10.2 Å². The number of carbonyl (C=O) groups is 2. The van der Waals surface area contributed by atoms with E-state index in [-0.39, 0.29) is 5.91 Å². The molecule has 0 fully saturated rings. The maximum atomic E-state index is 10.3. The number of carbonyl (C=O) groups excluding carboxylic acids is 2. The van der Waals surface area contributed by atoms with Crippen LogP contribution in [0.5, 0.6) is 0 Å². The Morgan fingerprint density at radius 3 is 2.33 bits per heavy atom. The fourth-order valence-electron chi connectivity index (χ4n) is 0.662. The normalized spacial score (nSPS) is 9.33. The summed E-state index contributed by atoms with van der Waals surface area (Å²) in [6.45, 7) is 0.580. The molecule has 0 aliphatic rings. The van der Waals surface area contributed by atoms with Crippen molar-refractivity contribution in [1.29, 1.82) is 0 Å². The second-order valence-electron chi connectivity index (χ2n) is 2.34. The number of hydrazine groups is 1. The number of nitrogens with one attached hydrogen (secondary N) is 2. The Balaban J connectivity index is 3.01. The third-order valence-corrected chi connectivity index (χ3v) is 1.19. The number of amides is 3. The first-order chi connectivity index (χ1) is 5.63. The third kappa shape index (κ3) is 8.70. The van der Waals surface area contributed by atoms with E-state index in [1.54, 1.807) is 0 Å². The molecule has 0 aromatic carbocycles. The standard InChI is InChI=1S/C6H14N4O2/c7-5(11)3-1-2-4-9-10-6(8)12/h9H,1-4H2,(H2,7,11)(H3,8,10,12). The van der Waals surface area contributed by atoms with Crippen LogP contribution in [0.4, 0.5) is 4.79 Å². The summed E-state index contributed by atoms with van der Waals surface area (Å²) in [4.78, 5) is 20.4. The van der Waals surface area contributed by atoms with Gasteiger partial charge in [0.25, 0.3) is 0 Å². The van der Waals surface area contributed by atoms with Crippen molar-refractivity contribution in [2.45, 2.75) is 19.3 Å². The van der Waals surface area contributed by atoms with Gasteiger partial charge in [0.1, 0.15) is 0 Å². The molecule has 0 bridgehead atoms. The van der Waals surface area contributed by atoms with Gasteiger partial charge in [-0.25, -0.2) is 10.2 Å². The van der Waals surface area contributed by atoms with Gasteiger partial charge in [-0.2, -0.15) is 0 Å². The molecule has 6 N–H and O–H groups in total. The van der Waals surface area contributed by atoms with Crippen molar-refractivity contribution in [2.24, 2.45) is 11.5 Å². The van der Waals surface area contributed by atoms with Gasteiger partial charge in [-0.05, 0) is 12.8 Å². The number of rotatable bonds is 6. The smallest absolute Gasteiger partial charge is 0.326 e. The summed E-state index contributed by atoms with van der Waals surface area (Å²) in [7, 11) is 0. The second-order valence-corrected chi connectivity index (χ2v) is 2.34. The van der Waals surface area contributed by atoms with Crippen LogP contribution in [0, 0.1) is 0 Å². The summed E-state index contributed by atoms with van der Waals surface area (Å²) in [6.07, 6.45) is 1.85. The van der Waals surface area contributed by atoms with Crippen molar-refractivity contribution in [2.75, 3.05) is 6.54 Å². The molecule has 6 heteroatoms. The SMILES string of the molecule is NC(=O)CCCCNNC(N)=O. The van der Waals surface area contributed by atoms with E-state index in [1.165, 1.54) is 0 Å². The van der Waals surface area contributed by atoms with E-state index < -0.39 is 6.03 Å². The highest BCUT2D eigenvalue weighted by Crippen LogP contribution is 1.91. The molecule has 6 nitrogen and oxygen atoms in total. The fraction of sp³-hybridized carbons (Fsp3) is 0.667. The average Bonchev–Trinajstić information content (AvgIpc) is 1.95. The molecule has 0 saturated carbocycles. The first kappa shape index (κ1) is 10.7. The fourth-order valence-corrected chi connectivity index (χ4v) is 0.662. The minimum Gasteiger partial charge on any atom is -0.370 e. The van der Waals surface area contributed by atoms with E-state index in [0.29, 0.717) is 19.4 Å². The van der Waals surface area contributed by atoms with Crippen molar-refractivity contribution in [3.05, 3.63) is 0 Å². The molecular weight excluding hydrogens is 160 g/mol. The first-order valence-electron chi connectivity index (χ1n) is 3.69. The van der Waals surface area contributed by atoms with Gasteiger partial charge in [-0.1, -0.05) is 0 Å². The third-order valence-electron chi connectivity index (χ3n) is 1.19. The van der Waals surface area contributed by atoms with Crippen LogP contribution in [-0.2, 0) is 4.79 Å². The lowest BCUT2D eigenvalue weighted by atomic mass is 10.2. The van der Waals surface area contributed by atoms with Gasteiger partial charge in [0.2, 0.25) is 5.91 Å². The quantitative estimate of drug-likeness (QED) is 0.300. The summed E-state index contributed by atoms with van der Waals surface area (Å²) in [5, 5.41) is 0. The predicted octanol–water partition coefficient (Wildman–Crippen LogP) is -1.19. The largest absolute Gasteiger partial charge is 0.370 e. The summed E-state index contributed by atoms with van der Waals surface area (Å²) in [5.41, 5.74) is 14.5. The van der Waals surface area contributed by atoms with Gasteiger partial charge < -0.3 is 11.5 Å². The van der Waals surface area contributed by atoms with Crippen molar-refractivity contribution < 1.29 is 9.59 Å². The molecule has 0 aliphatic carbocycles. The summed E-state index contributed by atoms with van der Waals surface area (Å²) in [6, 6.07) is -0.620. The van der Waals surface area contributed by atoms with Crippen molar-refractivity contribution in [3.8, 4) is 0 Å². The zero-order chi connectivity index (χ0) is 9.40. The topological polar surface area (TPSA) is 110 Å². The zero-order valence-corrected chi connectivity index (χ0v) is 6.80. The number of hydrogen-bond donors (Lipinski definition) is 4. The molecule has 0 atom stereocenters. The van der Waals surface area contributed by atoms with Crippen molar-refractivity contribution >= 4 is 11.9 Å². The van der Waals surface area contributed by atoms with Crippen LogP contribution in [0.15, 0.2) is 0 Å². The highest BCUT2D eigenvalue weighted by Gasteiger charge is 1.94. The Kier molecular flexibility index (Phi) is 5.72. The van der Waals surface area contributed by atoms with E-state index in [0.717, 1.165) is 6.42 Å². The highest BCUT2D eigenvalue weighted by molar-refractivity contribution is 5.73. The number of urea groups is 1. The van der Waals surface area contributed by atoms with Crippen LogP contribution < -0.4 is 22.3 Å². The second kappa shape index (κ2) is 6.41. The molecule has 0 saturated heterocycles. The van der Waals surface area contributed by atoms with Gasteiger partial charge in [0.05, 0.1) is 0 Å². The first-order valence-corrected chi connectivity index (χ1v) is 3.69. The van der Waals surface area contributed by atoms with Gasteiger partial charge >= 0.3 is 6.03 Å². The maximum absolute atomic E-state index is 10.3. The van der Waals surface area contributed by atoms with Gasteiger partial charge in [0, 0.05) is 13.0 Å². The van der Waals surface area contributed by atoms with E-state index in [2.05, 4.69) is 10.9 Å². The van der Waals surface area contributed by atoms with Gasteiger partial charge in [-0.15, -0.1) is 0 Å². The van der Waals surface area contributed by atoms with Crippen LogP contribution in [0.3, 0.4) is 0 Å². The summed E-state index contributed by atoms with van der Waals surface area (Å²) >= 11 is 0. The number of hydrogen-bond acceptors (Lipinski definition) is 3. The van der Waals surface area contributed by atoms with E-state index in [9.17, 15) is 9.59 Å². The molecule has 0 spiro atoms. The Labute approximate surface area is 70.6 Å². The van der Waals surface area contributed by atoms with E-state index >= 15 is 0 Å². The molecule has 0 aromatic heterocycles. The van der Waals surface area contributed by atoms with Crippen molar-refractivity contribution in [3.63, 3.8) is 0 Å². The van der Waals surface area contributed by atoms with Crippen molar-refractivity contribution in [1.82, 2.24) is 10.9 Å². The lowest BCUT2D eigenvalue weighted by molar-refractivity contribution is -0.118. The van der Waals surface area contributed by atoms with Crippen LogP contribution >= 0.6 is 0 Å². The average molecular weight is 174 g/mol. The maximum Gasteiger partial charge on any atom is 0.326 e.